The minimum Gasteiger partial charge on any atom is -0.451 e. The van der Waals surface area contributed by atoms with Crippen LogP contribution in [0.2, 0.25) is 0 Å². The van der Waals surface area contributed by atoms with Gasteiger partial charge in [-0.3, -0.25) is 4.79 Å². The molecule has 3 rings (SSSR count). The number of carbonyl (C=O) groups is 1. The molecule has 0 radical (unpaired) electrons. The standard InChI is InChI=1S/C20H21FN2O2S.ClH/c1-22-11-4-12-23-20(24)19-17(16-5-2-3-6-18(16)25-19)13-26-15-9-7-14(21)8-10-15;/h2-3,5-10,22H,4,11-13H2,1H3,(H,23,24);1H. The van der Waals surface area contributed by atoms with E-state index in [4.69, 9.17) is 4.42 Å². The van der Waals surface area contributed by atoms with E-state index in [9.17, 15) is 9.18 Å². The van der Waals surface area contributed by atoms with Gasteiger partial charge < -0.3 is 15.1 Å². The van der Waals surface area contributed by atoms with Crippen LogP contribution in [0.25, 0.3) is 11.0 Å². The monoisotopic (exact) mass is 408 g/mol. The fraction of sp³-hybridized carbons (Fsp3) is 0.250. The topological polar surface area (TPSA) is 54.3 Å². The second kappa shape index (κ2) is 10.3. The third-order valence-electron chi connectivity index (χ3n) is 3.99. The summed E-state index contributed by atoms with van der Waals surface area (Å²) in [5.74, 6) is 0.462. The Labute approximate surface area is 168 Å². The molecule has 0 aliphatic carbocycles. The average molecular weight is 409 g/mol. The molecule has 1 amide bonds. The molecule has 0 spiro atoms. The van der Waals surface area contributed by atoms with Crippen LogP contribution in [-0.4, -0.2) is 26.0 Å². The van der Waals surface area contributed by atoms with E-state index in [0.29, 0.717) is 23.6 Å². The van der Waals surface area contributed by atoms with E-state index in [1.54, 1.807) is 23.9 Å². The second-order valence-electron chi connectivity index (χ2n) is 5.86. The lowest BCUT2D eigenvalue weighted by Crippen LogP contribution is -2.26. The minimum absolute atomic E-state index is 0. The third kappa shape index (κ3) is 5.48. The quantitative estimate of drug-likeness (QED) is 0.421. The van der Waals surface area contributed by atoms with Crippen LogP contribution in [0.1, 0.15) is 22.5 Å². The molecule has 1 aromatic heterocycles. The van der Waals surface area contributed by atoms with Gasteiger partial charge in [0.05, 0.1) is 0 Å². The van der Waals surface area contributed by atoms with Crippen LogP contribution in [0.3, 0.4) is 0 Å². The van der Waals surface area contributed by atoms with E-state index in [1.165, 1.54) is 12.1 Å². The van der Waals surface area contributed by atoms with Crippen LogP contribution in [0.4, 0.5) is 4.39 Å². The number of furan rings is 1. The number of fused-ring (bicyclic) bond motifs is 1. The molecule has 27 heavy (non-hydrogen) atoms. The first-order valence-corrected chi connectivity index (χ1v) is 9.49. The first kappa shape index (κ1) is 21.3. The van der Waals surface area contributed by atoms with Gasteiger partial charge in [0.2, 0.25) is 0 Å². The van der Waals surface area contributed by atoms with Gasteiger partial charge >= 0.3 is 0 Å². The van der Waals surface area contributed by atoms with Crippen LogP contribution in [0.15, 0.2) is 57.8 Å². The van der Waals surface area contributed by atoms with Gasteiger partial charge in [0.15, 0.2) is 5.76 Å². The van der Waals surface area contributed by atoms with Crippen molar-refractivity contribution >= 4 is 41.0 Å². The van der Waals surface area contributed by atoms with Crippen molar-refractivity contribution in [2.45, 2.75) is 17.1 Å². The van der Waals surface area contributed by atoms with Crippen molar-refractivity contribution in [1.82, 2.24) is 10.6 Å². The molecule has 0 bridgehead atoms. The van der Waals surface area contributed by atoms with Crippen molar-refractivity contribution in [2.24, 2.45) is 0 Å². The van der Waals surface area contributed by atoms with E-state index >= 15 is 0 Å². The molecule has 0 fully saturated rings. The SMILES string of the molecule is CNCCCNC(=O)c1oc2ccccc2c1CSc1ccc(F)cc1.Cl. The predicted octanol–water partition coefficient (Wildman–Crippen LogP) is 4.63. The van der Waals surface area contributed by atoms with Crippen molar-refractivity contribution in [1.29, 1.82) is 0 Å². The molecular formula is C20H22ClFN2O2S. The van der Waals surface area contributed by atoms with Gasteiger partial charge in [-0.2, -0.15) is 0 Å². The highest BCUT2D eigenvalue weighted by molar-refractivity contribution is 7.98. The van der Waals surface area contributed by atoms with Gasteiger partial charge in [-0.05, 0) is 50.3 Å². The van der Waals surface area contributed by atoms with Crippen LogP contribution in [0.5, 0.6) is 0 Å². The van der Waals surface area contributed by atoms with Crippen molar-refractivity contribution in [2.75, 3.05) is 20.1 Å². The summed E-state index contributed by atoms with van der Waals surface area (Å²) in [6.45, 7) is 1.43. The second-order valence-corrected chi connectivity index (χ2v) is 6.91. The molecule has 0 atom stereocenters. The highest BCUT2D eigenvalue weighted by atomic mass is 35.5. The summed E-state index contributed by atoms with van der Waals surface area (Å²) in [4.78, 5) is 13.5. The number of hydrogen-bond donors (Lipinski definition) is 2. The number of hydrogen-bond acceptors (Lipinski definition) is 4. The van der Waals surface area contributed by atoms with E-state index in [1.807, 2.05) is 31.3 Å². The summed E-state index contributed by atoms with van der Waals surface area (Å²) in [5.41, 5.74) is 1.56. The van der Waals surface area contributed by atoms with Crippen LogP contribution in [-0.2, 0) is 5.75 Å². The zero-order chi connectivity index (χ0) is 18.4. The Hall–Kier alpha value is -2.02. The lowest BCUT2D eigenvalue weighted by molar-refractivity contribution is 0.0927. The fourth-order valence-electron chi connectivity index (χ4n) is 2.66. The maximum atomic E-state index is 13.1. The third-order valence-corrected chi connectivity index (χ3v) is 5.03. The molecule has 144 valence electrons. The van der Waals surface area contributed by atoms with Gasteiger partial charge in [0, 0.05) is 28.1 Å². The van der Waals surface area contributed by atoms with Crippen molar-refractivity contribution < 1.29 is 13.6 Å². The van der Waals surface area contributed by atoms with Gasteiger partial charge in [-0.1, -0.05) is 18.2 Å². The molecule has 0 aliphatic heterocycles. The summed E-state index contributed by atoms with van der Waals surface area (Å²) in [6.07, 6.45) is 0.849. The molecule has 0 aliphatic rings. The molecule has 3 aromatic rings. The zero-order valence-electron chi connectivity index (χ0n) is 15.0. The molecule has 7 heteroatoms. The Morgan fingerprint density at radius 3 is 2.59 bits per heavy atom. The number of halogens is 2. The summed E-state index contributed by atoms with van der Waals surface area (Å²) in [7, 11) is 1.88. The number of thioether (sulfide) groups is 1. The van der Waals surface area contributed by atoms with Gasteiger partial charge in [0.1, 0.15) is 11.4 Å². The largest absolute Gasteiger partial charge is 0.451 e. The van der Waals surface area contributed by atoms with Crippen LogP contribution < -0.4 is 10.6 Å². The lowest BCUT2D eigenvalue weighted by atomic mass is 10.1. The maximum Gasteiger partial charge on any atom is 0.287 e. The number of nitrogens with one attached hydrogen (secondary N) is 2. The molecule has 0 saturated heterocycles. The summed E-state index contributed by atoms with van der Waals surface area (Å²) >= 11 is 1.55. The maximum absolute atomic E-state index is 13.1. The summed E-state index contributed by atoms with van der Waals surface area (Å²) in [5, 5.41) is 6.89. The van der Waals surface area contributed by atoms with Crippen molar-refractivity contribution in [3.63, 3.8) is 0 Å². The van der Waals surface area contributed by atoms with Crippen LogP contribution >= 0.6 is 24.2 Å². The summed E-state index contributed by atoms with van der Waals surface area (Å²) in [6, 6.07) is 14.0. The zero-order valence-corrected chi connectivity index (χ0v) is 16.6. The Morgan fingerprint density at radius 2 is 1.85 bits per heavy atom. The number of benzene rings is 2. The Morgan fingerprint density at radius 1 is 1.11 bits per heavy atom. The predicted molar refractivity (Wildman–Crippen MR) is 110 cm³/mol. The fourth-order valence-corrected chi connectivity index (χ4v) is 3.59. The number of para-hydroxylation sites is 1. The molecular weight excluding hydrogens is 387 g/mol. The van der Waals surface area contributed by atoms with Crippen LogP contribution in [0, 0.1) is 5.82 Å². The highest BCUT2D eigenvalue weighted by Gasteiger charge is 2.20. The first-order chi connectivity index (χ1) is 12.7. The number of amides is 1. The number of rotatable bonds is 8. The minimum atomic E-state index is -0.259. The molecule has 0 unspecified atom stereocenters. The Balaban J connectivity index is 0.00000261. The average Bonchev–Trinajstić information content (AvgIpc) is 3.03. The summed E-state index contributed by atoms with van der Waals surface area (Å²) < 4.78 is 18.9. The molecule has 2 N–H and O–H groups in total. The van der Waals surface area contributed by atoms with E-state index in [-0.39, 0.29) is 24.1 Å². The molecule has 1 heterocycles. The van der Waals surface area contributed by atoms with Crippen molar-refractivity contribution in [3.05, 3.63) is 65.7 Å². The molecule has 2 aromatic carbocycles. The Bertz CT molecular complexity index is 883. The first-order valence-electron chi connectivity index (χ1n) is 8.50. The van der Waals surface area contributed by atoms with Gasteiger partial charge in [0.25, 0.3) is 5.91 Å². The normalized spacial score (nSPS) is 10.6. The molecule has 4 nitrogen and oxygen atoms in total. The van der Waals surface area contributed by atoms with Gasteiger partial charge in [-0.15, -0.1) is 24.2 Å². The highest BCUT2D eigenvalue weighted by Crippen LogP contribution is 2.32. The van der Waals surface area contributed by atoms with E-state index < -0.39 is 0 Å². The van der Waals surface area contributed by atoms with E-state index in [2.05, 4.69) is 10.6 Å². The smallest absolute Gasteiger partial charge is 0.287 e. The number of carbonyl (C=O) groups excluding carboxylic acids is 1. The lowest BCUT2D eigenvalue weighted by Gasteiger charge is -2.06. The molecule has 0 saturated carbocycles. The van der Waals surface area contributed by atoms with E-state index in [0.717, 1.165) is 28.8 Å². The Kier molecular flexibility index (Phi) is 8.16. The van der Waals surface area contributed by atoms with Gasteiger partial charge in [-0.25, -0.2) is 4.39 Å². The van der Waals surface area contributed by atoms with Crippen molar-refractivity contribution in [3.8, 4) is 0 Å².